The molecule has 6 nitrogen and oxygen atoms in total. The van der Waals surface area contributed by atoms with Crippen molar-refractivity contribution in [1.29, 1.82) is 0 Å². The highest BCUT2D eigenvalue weighted by Gasteiger charge is 2.47. The third-order valence-corrected chi connectivity index (χ3v) is 5.45. The van der Waals surface area contributed by atoms with Gasteiger partial charge >= 0.3 is 6.09 Å². The van der Waals surface area contributed by atoms with Gasteiger partial charge in [0.25, 0.3) is 0 Å². The Hall–Kier alpha value is -2.73. The summed E-state index contributed by atoms with van der Waals surface area (Å²) in [6.45, 7) is 6.98. The first kappa shape index (κ1) is 20.5. The lowest BCUT2D eigenvalue weighted by molar-refractivity contribution is -0.0132. The van der Waals surface area contributed by atoms with Gasteiger partial charge in [0.2, 0.25) is 0 Å². The Morgan fingerprint density at radius 2 is 2.00 bits per heavy atom. The molecule has 0 unspecified atom stereocenters. The van der Waals surface area contributed by atoms with Crippen LogP contribution in [0.3, 0.4) is 0 Å². The Labute approximate surface area is 177 Å². The molecule has 0 aliphatic carbocycles. The number of fused-ring (bicyclic) bond motifs is 1. The third-order valence-electron chi connectivity index (χ3n) is 5.45. The molecule has 1 N–H and O–H groups in total. The first-order valence-electron chi connectivity index (χ1n) is 10.4. The van der Waals surface area contributed by atoms with Crippen molar-refractivity contribution in [2.24, 2.45) is 0 Å². The maximum atomic E-state index is 12.4. The molecule has 2 heterocycles. The molecule has 2 atom stereocenters. The molecule has 0 aromatic heterocycles. The molecule has 0 bridgehead atoms. The number of aliphatic hydroxyl groups excluding tert-OH is 1. The van der Waals surface area contributed by atoms with E-state index in [9.17, 15) is 9.90 Å². The molecule has 30 heavy (non-hydrogen) atoms. The van der Waals surface area contributed by atoms with Crippen molar-refractivity contribution >= 4 is 6.09 Å². The lowest BCUT2D eigenvalue weighted by Crippen LogP contribution is -2.45. The van der Waals surface area contributed by atoms with Crippen LogP contribution in [0.5, 0.6) is 11.5 Å². The zero-order valence-electron chi connectivity index (χ0n) is 17.8. The molecule has 1 spiro atoms. The van der Waals surface area contributed by atoms with Gasteiger partial charge in [-0.25, -0.2) is 4.79 Å². The number of rotatable bonds is 3. The van der Waals surface area contributed by atoms with Gasteiger partial charge in [0.1, 0.15) is 29.3 Å². The molecule has 4 rings (SSSR count). The van der Waals surface area contributed by atoms with E-state index in [0.29, 0.717) is 44.0 Å². The van der Waals surface area contributed by atoms with Crippen LogP contribution < -0.4 is 9.47 Å². The molecular weight excluding hydrogens is 382 g/mol. The van der Waals surface area contributed by atoms with Crippen LogP contribution in [0.1, 0.15) is 50.8 Å². The maximum absolute atomic E-state index is 12.4. The molecule has 1 fully saturated rings. The number of benzene rings is 2. The van der Waals surface area contributed by atoms with Crippen molar-refractivity contribution in [1.82, 2.24) is 4.90 Å². The number of carbonyl (C=O) groups is 1. The molecule has 2 aromatic carbocycles. The summed E-state index contributed by atoms with van der Waals surface area (Å²) in [5, 5.41) is 10.8. The Kier molecular flexibility index (Phi) is 5.36. The summed E-state index contributed by atoms with van der Waals surface area (Å²) >= 11 is 0. The molecular formula is C24H29NO5. The van der Waals surface area contributed by atoms with E-state index < -0.39 is 17.3 Å². The fourth-order valence-corrected chi connectivity index (χ4v) is 4.02. The smallest absolute Gasteiger partial charge is 0.410 e. The molecule has 1 amide bonds. The van der Waals surface area contributed by atoms with Crippen molar-refractivity contribution in [2.45, 2.75) is 57.5 Å². The zero-order chi connectivity index (χ0) is 21.4. The number of hydrogen-bond acceptors (Lipinski definition) is 5. The van der Waals surface area contributed by atoms with E-state index >= 15 is 0 Å². The number of likely N-dealkylation sites (tertiary alicyclic amines) is 1. The second-order valence-corrected chi connectivity index (χ2v) is 9.13. The molecule has 0 saturated carbocycles. The van der Waals surface area contributed by atoms with Gasteiger partial charge < -0.3 is 24.2 Å². The van der Waals surface area contributed by atoms with Gasteiger partial charge in [-0.1, -0.05) is 30.3 Å². The van der Waals surface area contributed by atoms with Gasteiger partial charge in [0.05, 0.1) is 12.6 Å². The average molecular weight is 411 g/mol. The minimum atomic E-state index is -0.674. The minimum Gasteiger partial charge on any atom is -0.489 e. The standard InChI is InChI=1S/C24H29NO5/c1-23(2,3)30-22(27)25-12-11-24(16-25)14-20(26)19-13-18(9-10-21(19)29-24)28-15-17-7-5-4-6-8-17/h4-10,13,20,26H,11-12,14-16H2,1-3H3/t20-,24+/m1/s1. The predicted molar refractivity (Wildman–Crippen MR) is 113 cm³/mol. The van der Waals surface area contributed by atoms with Crippen LogP contribution in [0.25, 0.3) is 0 Å². The van der Waals surface area contributed by atoms with Crippen molar-refractivity contribution in [2.75, 3.05) is 13.1 Å². The van der Waals surface area contributed by atoms with E-state index in [-0.39, 0.29) is 6.09 Å². The fraction of sp³-hybridized carbons (Fsp3) is 0.458. The Balaban J connectivity index is 1.43. The molecule has 160 valence electrons. The summed E-state index contributed by atoms with van der Waals surface area (Å²) in [4.78, 5) is 14.1. The highest BCUT2D eigenvalue weighted by Crippen LogP contribution is 2.45. The monoisotopic (exact) mass is 411 g/mol. The van der Waals surface area contributed by atoms with Gasteiger partial charge in [0.15, 0.2) is 0 Å². The fourth-order valence-electron chi connectivity index (χ4n) is 4.02. The summed E-state index contributed by atoms with van der Waals surface area (Å²) in [5.74, 6) is 1.34. The summed E-state index contributed by atoms with van der Waals surface area (Å²) in [7, 11) is 0. The minimum absolute atomic E-state index is 0.340. The van der Waals surface area contributed by atoms with Gasteiger partial charge in [-0.2, -0.15) is 0 Å². The van der Waals surface area contributed by atoms with Gasteiger partial charge in [-0.3, -0.25) is 0 Å². The second-order valence-electron chi connectivity index (χ2n) is 9.13. The largest absolute Gasteiger partial charge is 0.489 e. The molecule has 2 aliphatic heterocycles. The van der Waals surface area contributed by atoms with E-state index in [1.807, 2.05) is 69.3 Å². The summed E-state index contributed by atoms with van der Waals surface area (Å²) < 4.78 is 17.7. The number of ether oxygens (including phenoxy) is 3. The number of amides is 1. The van der Waals surface area contributed by atoms with Crippen LogP contribution in [0.2, 0.25) is 0 Å². The maximum Gasteiger partial charge on any atom is 0.410 e. The van der Waals surface area contributed by atoms with Gasteiger partial charge in [-0.05, 0) is 44.5 Å². The lowest BCUT2D eigenvalue weighted by Gasteiger charge is -2.38. The lowest BCUT2D eigenvalue weighted by atomic mass is 9.88. The van der Waals surface area contributed by atoms with E-state index in [0.717, 1.165) is 11.1 Å². The second kappa shape index (κ2) is 7.84. The van der Waals surface area contributed by atoms with E-state index in [2.05, 4.69) is 0 Å². The number of nitrogens with zero attached hydrogens (tertiary/aromatic N) is 1. The molecule has 2 aromatic rings. The summed E-state index contributed by atoms with van der Waals surface area (Å²) in [6.07, 6.45) is 0.0803. The topological polar surface area (TPSA) is 68.2 Å². The van der Waals surface area contributed by atoms with Crippen molar-refractivity contribution in [3.63, 3.8) is 0 Å². The van der Waals surface area contributed by atoms with E-state index in [1.54, 1.807) is 4.90 Å². The molecule has 2 aliphatic rings. The van der Waals surface area contributed by atoms with Crippen LogP contribution in [0, 0.1) is 0 Å². The number of hydrogen-bond donors (Lipinski definition) is 1. The quantitative estimate of drug-likeness (QED) is 0.808. The zero-order valence-corrected chi connectivity index (χ0v) is 17.8. The first-order valence-corrected chi connectivity index (χ1v) is 10.4. The average Bonchev–Trinajstić information content (AvgIpc) is 3.09. The van der Waals surface area contributed by atoms with Crippen LogP contribution in [0.4, 0.5) is 4.79 Å². The molecule has 1 saturated heterocycles. The number of aliphatic hydroxyl groups is 1. The third kappa shape index (κ3) is 4.54. The molecule has 0 radical (unpaired) electrons. The highest BCUT2D eigenvalue weighted by atomic mass is 16.6. The summed E-state index contributed by atoms with van der Waals surface area (Å²) in [6, 6.07) is 15.5. The van der Waals surface area contributed by atoms with E-state index in [4.69, 9.17) is 14.2 Å². The SMILES string of the molecule is CC(C)(C)OC(=O)N1CC[C@]2(C[C@@H](O)c3cc(OCc4ccccc4)ccc3O2)C1. The first-order chi connectivity index (χ1) is 14.2. The molecule has 6 heteroatoms. The summed E-state index contributed by atoms with van der Waals surface area (Å²) in [5.41, 5.74) is 0.680. The highest BCUT2D eigenvalue weighted by molar-refractivity contribution is 5.68. The van der Waals surface area contributed by atoms with Crippen LogP contribution in [-0.2, 0) is 11.3 Å². The Morgan fingerprint density at radius 3 is 2.73 bits per heavy atom. The predicted octanol–water partition coefficient (Wildman–Crippen LogP) is 4.46. The normalized spacial score (nSPS) is 23.1. The van der Waals surface area contributed by atoms with E-state index in [1.165, 1.54) is 0 Å². The number of carbonyl (C=O) groups excluding carboxylic acids is 1. The van der Waals surface area contributed by atoms with Crippen LogP contribution in [-0.4, -0.2) is 40.4 Å². The van der Waals surface area contributed by atoms with Crippen molar-refractivity contribution in [3.8, 4) is 11.5 Å². The van der Waals surface area contributed by atoms with Crippen LogP contribution in [0.15, 0.2) is 48.5 Å². The Bertz CT molecular complexity index is 908. The van der Waals surface area contributed by atoms with Gasteiger partial charge in [0, 0.05) is 24.9 Å². The van der Waals surface area contributed by atoms with Crippen LogP contribution >= 0.6 is 0 Å². The Morgan fingerprint density at radius 1 is 1.23 bits per heavy atom. The van der Waals surface area contributed by atoms with Gasteiger partial charge in [-0.15, -0.1) is 0 Å². The van der Waals surface area contributed by atoms with Crippen molar-refractivity contribution in [3.05, 3.63) is 59.7 Å². The van der Waals surface area contributed by atoms with Crippen molar-refractivity contribution < 1.29 is 24.1 Å².